The normalized spacial score (nSPS) is 12.2. The topological polar surface area (TPSA) is 102 Å². The van der Waals surface area contributed by atoms with Crippen molar-refractivity contribution < 1.29 is 19.2 Å². The van der Waals surface area contributed by atoms with Crippen molar-refractivity contribution in [3.8, 4) is 0 Å². The van der Waals surface area contributed by atoms with Crippen LogP contribution < -0.4 is 0 Å². The van der Waals surface area contributed by atoms with Gasteiger partial charge in [-0.25, -0.2) is 4.79 Å². The molecule has 2 aromatic carbocycles. The van der Waals surface area contributed by atoms with Gasteiger partial charge in [0.05, 0.1) is 4.92 Å². The third-order valence-corrected chi connectivity index (χ3v) is 4.30. The van der Waals surface area contributed by atoms with Crippen molar-refractivity contribution in [2.24, 2.45) is 0 Å². The van der Waals surface area contributed by atoms with Crippen LogP contribution in [-0.4, -0.2) is 27.8 Å². The first-order valence-electron chi connectivity index (χ1n) is 8.61. The van der Waals surface area contributed by atoms with Gasteiger partial charge < -0.3 is 9.72 Å². The number of ether oxygens (including phenoxy) is 1. The maximum Gasteiger partial charge on any atom is 0.331 e. The zero-order valence-electron chi connectivity index (χ0n) is 15.3. The number of nitrogens with one attached hydrogen (secondary N) is 1. The van der Waals surface area contributed by atoms with E-state index in [1.165, 1.54) is 31.2 Å². The number of fused-ring (bicyclic) bond motifs is 1. The number of H-pyrrole nitrogens is 1. The summed E-state index contributed by atoms with van der Waals surface area (Å²) in [6.45, 7) is 3.31. The molecule has 3 rings (SSSR count). The molecule has 1 atom stereocenters. The molecule has 1 heterocycles. The van der Waals surface area contributed by atoms with E-state index < -0.39 is 17.0 Å². The lowest BCUT2D eigenvalue weighted by Crippen LogP contribution is -2.24. The third kappa shape index (κ3) is 3.98. The third-order valence-electron chi connectivity index (χ3n) is 4.30. The van der Waals surface area contributed by atoms with Gasteiger partial charge in [0.2, 0.25) is 5.78 Å². The molecule has 1 N–H and O–H groups in total. The second-order valence-corrected chi connectivity index (χ2v) is 6.30. The van der Waals surface area contributed by atoms with Gasteiger partial charge in [-0.1, -0.05) is 30.3 Å². The summed E-state index contributed by atoms with van der Waals surface area (Å²) in [6, 6.07) is 13.3. The molecule has 142 valence electrons. The van der Waals surface area contributed by atoms with Crippen molar-refractivity contribution in [2.75, 3.05) is 0 Å². The number of carbonyl (C=O) groups excluding carboxylic acids is 2. The largest absolute Gasteiger partial charge is 0.451 e. The highest BCUT2D eigenvalue weighted by Crippen LogP contribution is 2.24. The molecule has 0 aliphatic heterocycles. The molecule has 0 fully saturated rings. The standard InChI is InChI=1S/C21H18N2O5/c1-13-20(17-8-3-4-9-18(17)22-13)21(25)14(2)28-19(24)11-10-15-6-5-7-16(12-15)23(26)27/h3-12,14,22H,1-2H3/b11-10+/t14-/m0/s1. The highest BCUT2D eigenvalue weighted by molar-refractivity contribution is 6.11. The average molecular weight is 378 g/mol. The van der Waals surface area contributed by atoms with Gasteiger partial charge in [-0.3, -0.25) is 14.9 Å². The quantitative estimate of drug-likeness (QED) is 0.228. The number of hydrogen-bond acceptors (Lipinski definition) is 5. The Labute approximate surface area is 160 Å². The zero-order valence-corrected chi connectivity index (χ0v) is 15.3. The molecule has 0 radical (unpaired) electrons. The number of nitro benzene ring substituents is 1. The van der Waals surface area contributed by atoms with Crippen molar-refractivity contribution in [1.82, 2.24) is 4.98 Å². The van der Waals surface area contributed by atoms with Crippen LogP contribution in [0.3, 0.4) is 0 Å². The summed E-state index contributed by atoms with van der Waals surface area (Å²) >= 11 is 0. The number of nitrogens with zero attached hydrogens (tertiary/aromatic N) is 1. The molecule has 3 aromatic rings. The van der Waals surface area contributed by atoms with E-state index in [0.717, 1.165) is 17.0 Å². The number of carbonyl (C=O) groups is 2. The molecule has 0 saturated heterocycles. The van der Waals surface area contributed by atoms with Crippen molar-refractivity contribution in [1.29, 1.82) is 0 Å². The van der Waals surface area contributed by atoms with Crippen LogP contribution in [0.4, 0.5) is 5.69 Å². The maximum absolute atomic E-state index is 12.8. The van der Waals surface area contributed by atoms with E-state index in [1.54, 1.807) is 13.0 Å². The SMILES string of the molecule is Cc1[nH]c2ccccc2c1C(=O)[C@H](C)OC(=O)/C=C/c1cccc([N+](=O)[O-])c1. The summed E-state index contributed by atoms with van der Waals surface area (Å²) in [5.74, 6) is -1.00. The number of rotatable bonds is 6. The number of aryl methyl sites for hydroxylation is 1. The molecule has 0 amide bonds. The Morgan fingerprint density at radius 1 is 1.18 bits per heavy atom. The van der Waals surface area contributed by atoms with Gasteiger partial charge in [0.15, 0.2) is 6.10 Å². The fourth-order valence-corrected chi connectivity index (χ4v) is 2.97. The minimum atomic E-state index is -0.972. The van der Waals surface area contributed by atoms with Gasteiger partial charge in [-0.05, 0) is 31.6 Å². The van der Waals surface area contributed by atoms with Crippen LogP contribution in [0, 0.1) is 17.0 Å². The number of hydrogen-bond donors (Lipinski definition) is 1. The average Bonchev–Trinajstić information content (AvgIpc) is 3.01. The smallest absolute Gasteiger partial charge is 0.331 e. The van der Waals surface area contributed by atoms with Crippen LogP contribution in [0.25, 0.3) is 17.0 Å². The minimum Gasteiger partial charge on any atom is -0.451 e. The molecule has 0 aliphatic carbocycles. The van der Waals surface area contributed by atoms with E-state index in [1.807, 2.05) is 24.3 Å². The van der Waals surface area contributed by atoms with Crippen LogP contribution in [-0.2, 0) is 9.53 Å². The second-order valence-electron chi connectivity index (χ2n) is 6.30. The molecular formula is C21H18N2O5. The number of nitro groups is 1. The van der Waals surface area contributed by atoms with E-state index in [9.17, 15) is 19.7 Å². The first-order valence-corrected chi connectivity index (χ1v) is 8.61. The Balaban J connectivity index is 1.71. The first-order chi connectivity index (χ1) is 13.4. The number of para-hydroxylation sites is 1. The zero-order chi connectivity index (χ0) is 20.3. The Kier molecular flexibility index (Phi) is 5.35. The van der Waals surface area contributed by atoms with Crippen molar-refractivity contribution in [3.63, 3.8) is 0 Å². The van der Waals surface area contributed by atoms with Crippen LogP contribution in [0.1, 0.15) is 28.5 Å². The molecule has 28 heavy (non-hydrogen) atoms. The minimum absolute atomic E-state index is 0.0751. The molecule has 0 unspecified atom stereocenters. The van der Waals surface area contributed by atoms with Crippen molar-refractivity contribution >= 4 is 34.4 Å². The molecule has 0 spiro atoms. The summed E-state index contributed by atoms with van der Waals surface area (Å²) in [5, 5.41) is 11.6. The monoisotopic (exact) mass is 378 g/mol. The Morgan fingerprint density at radius 2 is 1.93 bits per heavy atom. The van der Waals surface area contributed by atoms with Gasteiger partial charge >= 0.3 is 5.97 Å². The summed E-state index contributed by atoms with van der Waals surface area (Å²) < 4.78 is 5.22. The van der Waals surface area contributed by atoms with Gasteiger partial charge in [0.25, 0.3) is 5.69 Å². The number of benzene rings is 2. The van der Waals surface area contributed by atoms with E-state index in [0.29, 0.717) is 16.8 Å². The Morgan fingerprint density at radius 3 is 2.68 bits per heavy atom. The van der Waals surface area contributed by atoms with Gasteiger partial charge in [0.1, 0.15) is 0 Å². The van der Waals surface area contributed by atoms with Crippen LogP contribution in [0.5, 0.6) is 0 Å². The van der Waals surface area contributed by atoms with E-state index in [4.69, 9.17) is 4.74 Å². The lowest BCUT2D eigenvalue weighted by atomic mass is 10.0. The number of aromatic nitrogens is 1. The molecule has 0 bridgehead atoms. The number of Topliss-reactive ketones (excluding diaryl/α,β-unsaturated/α-hetero) is 1. The van der Waals surface area contributed by atoms with Crippen LogP contribution in [0.2, 0.25) is 0 Å². The van der Waals surface area contributed by atoms with Gasteiger partial charge in [-0.2, -0.15) is 0 Å². The lowest BCUT2D eigenvalue weighted by Gasteiger charge is -2.11. The van der Waals surface area contributed by atoms with E-state index in [-0.39, 0.29) is 11.5 Å². The van der Waals surface area contributed by atoms with E-state index in [2.05, 4.69) is 4.98 Å². The summed E-state index contributed by atoms with van der Waals surface area (Å²) in [5.41, 5.74) is 2.46. The predicted molar refractivity (Wildman–Crippen MR) is 105 cm³/mol. The summed E-state index contributed by atoms with van der Waals surface area (Å²) in [4.78, 5) is 38.3. The number of ketones is 1. The second kappa shape index (κ2) is 7.87. The summed E-state index contributed by atoms with van der Waals surface area (Å²) in [7, 11) is 0. The molecule has 0 saturated carbocycles. The van der Waals surface area contributed by atoms with E-state index >= 15 is 0 Å². The summed E-state index contributed by atoms with van der Waals surface area (Å²) in [6.07, 6.45) is 1.58. The van der Waals surface area contributed by atoms with Gasteiger partial charge in [-0.15, -0.1) is 0 Å². The van der Waals surface area contributed by atoms with Crippen LogP contribution >= 0.6 is 0 Å². The number of esters is 1. The fraction of sp³-hybridized carbons (Fsp3) is 0.143. The molecular weight excluding hydrogens is 360 g/mol. The highest BCUT2D eigenvalue weighted by Gasteiger charge is 2.23. The van der Waals surface area contributed by atoms with Crippen LogP contribution in [0.15, 0.2) is 54.6 Å². The Hall–Kier alpha value is -3.74. The molecule has 1 aromatic heterocycles. The maximum atomic E-state index is 12.8. The van der Waals surface area contributed by atoms with Crippen molar-refractivity contribution in [2.45, 2.75) is 20.0 Å². The molecule has 7 heteroatoms. The lowest BCUT2D eigenvalue weighted by molar-refractivity contribution is -0.384. The molecule has 0 aliphatic rings. The van der Waals surface area contributed by atoms with Crippen molar-refractivity contribution in [3.05, 3.63) is 81.5 Å². The fourth-order valence-electron chi connectivity index (χ4n) is 2.97. The highest BCUT2D eigenvalue weighted by atomic mass is 16.6. The van der Waals surface area contributed by atoms with Gasteiger partial charge in [0, 0.05) is 40.4 Å². The first kappa shape index (κ1) is 19.0. The molecule has 7 nitrogen and oxygen atoms in total. The number of aromatic amines is 1. The number of non-ortho nitro benzene ring substituents is 1. The predicted octanol–water partition coefficient (Wildman–Crippen LogP) is 4.21. The Bertz CT molecular complexity index is 1100.